The Labute approximate surface area is 86.2 Å². The molecular weight excluding hydrogens is 200 g/mol. The maximum atomic E-state index is 10.5. The van der Waals surface area contributed by atoms with E-state index in [1.165, 1.54) is 24.2 Å². The summed E-state index contributed by atoms with van der Waals surface area (Å²) in [6, 6.07) is 0. The molecule has 4 nitrogen and oxygen atoms in total. The van der Waals surface area contributed by atoms with E-state index in [-0.39, 0.29) is 5.01 Å². The van der Waals surface area contributed by atoms with Gasteiger partial charge in [0.05, 0.1) is 0 Å². The SMILES string of the molecule is O=C([O-])c1ncc(CN2CCCC2)s1. The summed E-state index contributed by atoms with van der Waals surface area (Å²) in [6.07, 6.45) is 4.12. The molecule has 0 unspecified atom stereocenters. The lowest BCUT2D eigenvalue weighted by molar-refractivity contribution is -0.255. The summed E-state index contributed by atoms with van der Waals surface area (Å²) >= 11 is 1.21. The van der Waals surface area contributed by atoms with Crippen LogP contribution in [0.4, 0.5) is 0 Å². The van der Waals surface area contributed by atoms with Crippen LogP contribution in [0.15, 0.2) is 6.20 Å². The Morgan fingerprint density at radius 2 is 2.29 bits per heavy atom. The van der Waals surface area contributed by atoms with Crippen molar-refractivity contribution >= 4 is 17.3 Å². The predicted molar refractivity (Wildman–Crippen MR) is 51.0 cm³/mol. The molecule has 1 aromatic heterocycles. The first kappa shape index (κ1) is 9.61. The molecule has 14 heavy (non-hydrogen) atoms. The van der Waals surface area contributed by atoms with Gasteiger partial charge in [-0.15, -0.1) is 11.3 Å². The van der Waals surface area contributed by atoms with E-state index >= 15 is 0 Å². The molecule has 0 bridgehead atoms. The number of aromatic carboxylic acids is 1. The second-order valence-corrected chi connectivity index (χ2v) is 4.52. The third kappa shape index (κ3) is 2.10. The first-order valence-electron chi connectivity index (χ1n) is 4.64. The van der Waals surface area contributed by atoms with Gasteiger partial charge in [-0.25, -0.2) is 4.98 Å². The predicted octanol–water partition coefficient (Wildman–Crippen LogP) is 0.102. The molecule has 0 spiro atoms. The van der Waals surface area contributed by atoms with Crippen molar-refractivity contribution in [3.8, 4) is 0 Å². The van der Waals surface area contributed by atoms with Crippen LogP contribution in [0.25, 0.3) is 0 Å². The molecule has 1 aliphatic heterocycles. The Bertz CT molecular complexity index is 331. The Hall–Kier alpha value is -0.940. The van der Waals surface area contributed by atoms with E-state index in [1.807, 2.05) is 0 Å². The molecule has 0 aromatic carbocycles. The molecule has 1 aliphatic rings. The number of nitrogens with zero attached hydrogens (tertiary/aromatic N) is 2. The molecule has 0 saturated carbocycles. The minimum absolute atomic E-state index is 0.0826. The summed E-state index contributed by atoms with van der Waals surface area (Å²) < 4.78 is 0. The monoisotopic (exact) mass is 211 g/mol. The summed E-state index contributed by atoms with van der Waals surface area (Å²) in [5, 5.41) is 10.6. The van der Waals surface area contributed by atoms with Gasteiger partial charge in [0.15, 0.2) is 0 Å². The molecule has 0 aliphatic carbocycles. The standard InChI is InChI=1S/C9H12N2O2S/c12-9(13)8-10-5-7(14-8)6-11-3-1-2-4-11/h5H,1-4,6H2,(H,12,13)/p-1. The minimum atomic E-state index is -1.18. The first-order valence-corrected chi connectivity index (χ1v) is 5.46. The van der Waals surface area contributed by atoms with Crippen LogP contribution in [0.5, 0.6) is 0 Å². The highest BCUT2D eigenvalue weighted by molar-refractivity contribution is 7.13. The lowest BCUT2D eigenvalue weighted by Gasteiger charge is -2.11. The number of carboxylic acids is 1. The number of carbonyl (C=O) groups excluding carboxylic acids is 1. The molecule has 76 valence electrons. The molecule has 0 amide bonds. The van der Waals surface area contributed by atoms with Crippen LogP contribution in [0, 0.1) is 0 Å². The van der Waals surface area contributed by atoms with E-state index in [9.17, 15) is 9.90 Å². The number of carboxylic acid groups (broad SMARTS) is 1. The van der Waals surface area contributed by atoms with Gasteiger partial charge in [0, 0.05) is 17.6 Å². The number of rotatable bonds is 3. The van der Waals surface area contributed by atoms with Crippen LogP contribution in [0.2, 0.25) is 0 Å². The van der Waals surface area contributed by atoms with Gasteiger partial charge in [0.2, 0.25) is 0 Å². The second-order valence-electron chi connectivity index (χ2n) is 3.40. The number of thiazole rings is 1. The smallest absolute Gasteiger partial charge is 0.139 e. The van der Waals surface area contributed by atoms with Crippen LogP contribution in [0.3, 0.4) is 0 Å². The van der Waals surface area contributed by atoms with E-state index in [0.29, 0.717) is 0 Å². The quantitative estimate of drug-likeness (QED) is 0.711. The fourth-order valence-electron chi connectivity index (χ4n) is 1.64. The van der Waals surface area contributed by atoms with Gasteiger partial charge in [-0.3, -0.25) is 4.90 Å². The van der Waals surface area contributed by atoms with Crippen LogP contribution < -0.4 is 5.11 Å². The van der Waals surface area contributed by atoms with Crippen molar-refractivity contribution in [2.75, 3.05) is 13.1 Å². The highest BCUT2D eigenvalue weighted by atomic mass is 32.1. The third-order valence-corrected chi connectivity index (χ3v) is 3.27. The van der Waals surface area contributed by atoms with Crippen molar-refractivity contribution < 1.29 is 9.90 Å². The van der Waals surface area contributed by atoms with Crippen molar-refractivity contribution in [3.63, 3.8) is 0 Å². The van der Waals surface area contributed by atoms with Crippen molar-refractivity contribution in [2.24, 2.45) is 0 Å². The van der Waals surface area contributed by atoms with E-state index in [1.54, 1.807) is 6.20 Å². The Kier molecular flexibility index (Phi) is 2.79. The number of hydrogen-bond acceptors (Lipinski definition) is 5. The average Bonchev–Trinajstić information content (AvgIpc) is 2.75. The highest BCUT2D eigenvalue weighted by Gasteiger charge is 2.13. The lowest BCUT2D eigenvalue weighted by atomic mass is 10.4. The largest absolute Gasteiger partial charge is 0.542 e. The zero-order chi connectivity index (χ0) is 9.97. The molecule has 1 fully saturated rings. The van der Waals surface area contributed by atoms with E-state index in [2.05, 4.69) is 9.88 Å². The summed E-state index contributed by atoms with van der Waals surface area (Å²) in [7, 11) is 0. The maximum Gasteiger partial charge on any atom is 0.139 e. The number of hydrogen-bond donors (Lipinski definition) is 0. The maximum absolute atomic E-state index is 10.5. The fraction of sp³-hybridized carbons (Fsp3) is 0.556. The van der Waals surface area contributed by atoms with Crippen molar-refractivity contribution in [2.45, 2.75) is 19.4 Å². The number of likely N-dealkylation sites (tertiary alicyclic amines) is 1. The summed E-state index contributed by atoms with van der Waals surface area (Å²) in [4.78, 5) is 17.6. The molecule has 2 rings (SSSR count). The first-order chi connectivity index (χ1) is 6.75. The summed E-state index contributed by atoms with van der Waals surface area (Å²) in [5.74, 6) is -1.18. The molecule has 1 aromatic rings. The normalized spacial score (nSPS) is 17.4. The molecule has 0 radical (unpaired) electrons. The molecule has 0 N–H and O–H groups in total. The Morgan fingerprint density at radius 1 is 1.57 bits per heavy atom. The number of carbonyl (C=O) groups is 1. The van der Waals surface area contributed by atoms with Crippen molar-refractivity contribution in [1.29, 1.82) is 0 Å². The van der Waals surface area contributed by atoms with Crippen LogP contribution >= 0.6 is 11.3 Å². The van der Waals surface area contributed by atoms with Crippen molar-refractivity contribution in [1.82, 2.24) is 9.88 Å². The zero-order valence-electron chi connectivity index (χ0n) is 7.73. The van der Waals surface area contributed by atoms with Crippen LogP contribution in [0.1, 0.15) is 27.5 Å². The molecule has 1 saturated heterocycles. The van der Waals surface area contributed by atoms with Gasteiger partial charge in [-0.05, 0) is 25.9 Å². The molecule has 2 heterocycles. The van der Waals surface area contributed by atoms with Gasteiger partial charge in [-0.2, -0.15) is 0 Å². The lowest BCUT2D eigenvalue weighted by Crippen LogP contribution is -2.21. The third-order valence-electron chi connectivity index (χ3n) is 2.31. The van der Waals surface area contributed by atoms with Gasteiger partial charge in [0.1, 0.15) is 11.0 Å². The second kappa shape index (κ2) is 4.06. The average molecular weight is 211 g/mol. The van der Waals surface area contributed by atoms with Gasteiger partial charge in [-0.1, -0.05) is 0 Å². The molecular formula is C9H11N2O2S-. The molecule has 5 heteroatoms. The highest BCUT2D eigenvalue weighted by Crippen LogP contribution is 2.17. The Balaban J connectivity index is 1.98. The van der Waals surface area contributed by atoms with E-state index in [0.717, 1.165) is 24.5 Å². The fourth-order valence-corrected chi connectivity index (χ4v) is 2.43. The van der Waals surface area contributed by atoms with Crippen LogP contribution in [-0.4, -0.2) is 28.9 Å². The van der Waals surface area contributed by atoms with Gasteiger partial charge < -0.3 is 9.90 Å². The van der Waals surface area contributed by atoms with E-state index < -0.39 is 5.97 Å². The summed E-state index contributed by atoms with van der Waals surface area (Å²) in [5.41, 5.74) is 0. The number of aromatic nitrogens is 1. The van der Waals surface area contributed by atoms with Gasteiger partial charge >= 0.3 is 0 Å². The topological polar surface area (TPSA) is 56.3 Å². The summed E-state index contributed by atoms with van der Waals surface area (Å²) in [6.45, 7) is 3.04. The molecule has 0 atom stereocenters. The Morgan fingerprint density at radius 3 is 2.86 bits per heavy atom. The zero-order valence-corrected chi connectivity index (χ0v) is 8.55. The minimum Gasteiger partial charge on any atom is -0.542 e. The van der Waals surface area contributed by atoms with E-state index in [4.69, 9.17) is 0 Å². The van der Waals surface area contributed by atoms with Crippen LogP contribution in [-0.2, 0) is 6.54 Å². The van der Waals surface area contributed by atoms with Crippen molar-refractivity contribution in [3.05, 3.63) is 16.1 Å². The van der Waals surface area contributed by atoms with Gasteiger partial charge in [0.25, 0.3) is 0 Å².